The van der Waals surface area contributed by atoms with Gasteiger partial charge in [-0.15, -0.1) is 0 Å². The molecule has 0 saturated carbocycles. The van der Waals surface area contributed by atoms with Gasteiger partial charge >= 0.3 is 0 Å². The highest BCUT2D eigenvalue weighted by atomic mass is 19.3. The number of aryl methyl sites for hydroxylation is 1. The molecule has 0 unspecified atom stereocenters. The Hall–Kier alpha value is -1.72. The number of aromatic hydroxyl groups is 1. The maximum absolute atomic E-state index is 12.2. The second-order valence-corrected chi connectivity index (χ2v) is 2.72. The van der Waals surface area contributed by atoms with Crippen molar-refractivity contribution in [3.05, 3.63) is 23.0 Å². The zero-order chi connectivity index (χ0) is 10.9. The average molecular weight is 202 g/mol. The predicted molar refractivity (Wildman–Crippen MR) is 44.1 cm³/mol. The van der Waals surface area contributed by atoms with Gasteiger partial charge in [0.1, 0.15) is 5.69 Å². The van der Waals surface area contributed by atoms with E-state index in [1.807, 2.05) is 0 Å². The van der Waals surface area contributed by atoms with Crippen molar-refractivity contribution in [2.75, 3.05) is 0 Å². The minimum atomic E-state index is -2.94. The van der Waals surface area contributed by atoms with Crippen LogP contribution in [0.5, 0.6) is 5.75 Å². The molecular weight excluding hydrogens is 194 g/mol. The molecule has 0 fully saturated rings. The van der Waals surface area contributed by atoms with Gasteiger partial charge in [-0.05, 0) is 12.5 Å². The zero-order valence-corrected chi connectivity index (χ0v) is 7.29. The molecule has 0 aliphatic carbocycles. The molecule has 0 spiro atoms. The summed E-state index contributed by atoms with van der Waals surface area (Å²) in [7, 11) is 0. The third-order valence-electron chi connectivity index (χ3n) is 1.72. The smallest absolute Gasteiger partial charge is 0.284 e. The minimum Gasteiger partial charge on any atom is -0.505 e. The normalized spacial score (nSPS) is 10.6. The first-order chi connectivity index (χ1) is 6.45. The van der Waals surface area contributed by atoms with Crippen molar-refractivity contribution < 1.29 is 18.7 Å². The van der Waals surface area contributed by atoms with Crippen molar-refractivity contribution in [2.24, 2.45) is 5.73 Å². The Labute approximate surface area is 78.4 Å². The van der Waals surface area contributed by atoms with E-state index in [2.05, 4.69) is 4.98 Å². The Morgan fingerprint density at radius 2 is 2.21 bits per heavy atom. The number of rotatable bonds is 2. The Morgan fingerprint density at radius 1 is 1.64 bits per heavy atom. The maximum atomic E-state index is 12.2. The summed E-state index contributed by atoms with van der Waals surface area (Å²) in [5.41, 5.74) is 4.04. The van der Waals surface area contributed by atoms with Crippen LogP contribution in [0.2, 0.25) is 0 Å². The van der Waals surface area contributed by atoms with E-state index in [0.717, 1.165) is 6.20 Å². The second kappa shape index (κ2) is 3.57. The lowest BCUT2D eigenvalue weighted by atomic mass is 10.1. The summed E-state index contributed by atoms with van der Waals surface area (Å²) in [5.74, 6) is -1.79. The summed E-state index contributed by atoms with van der Waals surface area (Å²) in [5, 5.41) is 9.27. The molecule has 0 bridgehead atoms. The number of halogens is 2. The van der Waals surface area contributed by atoms with Crippen LogP contribution in [-0.4, -0.2) is 16.0 Å². The number of nitrogens with zero attached hydrogens (tertiary/aromatic N) is 1. The minimum absolute atomic E-state index is 0.263. The van der Waals surface area contributed by atoms with Crippen LogP contribution in [0, 0.1) is 6.92 Å². The van der Waals surface area contributed by atoms with Gasteiger partial charge in [0, 0.05) is 6.20 Å². The number of hydrogen-bond acceptors (Lipinski definition) is 3. The van der Waals surface area contributed by atoms with E-state index in [-0.39, 0.29) is 11.1 Å². The third kappa shape index (κ3) is 1.63. The quantitative estimate of drug-likeness (QED) is 0.754. The lowest BCUT2D eigenvalue weighted by Crippen LogP contribution is -2.14. The maximum Gasteiger partial charge on any atom is 0.284 e. The standard InChI is InChI=1S/C8H8F2N2O2/c1-3-2-12-5(7(9)10)6(13)4(3)8(11)14/h2,7,13H,1H3,(H2,11,14). The van der Waals surface area contributed by atoms with Gasteiger partial charge in [-0.2, -0.15) is 0 Å². The molecule has 0 aliphatic rings. The molecule has 4 nitrogen and oxygen atoms in total. The Morgan fingerprint density at radius 3 is 2.64 bits per heavy atom. The second-order valence-electron chi connectivity index (χ2n) is 2.72. The molecule has 1 aromatic heterocycles. The van der Waals surface area contributed by atoms with E-state index in [1.165, 1.54) is 6.92 Å². The average Bonchev–Trinajstić information content (AvgIpc) is 2.02. The van der Waals surface area contributed by atoms with Gasteiger partial charge in [0.05, 0.1) is 5.56 Å². The Kier molecular flexibility index (Phi) is 2.64. The van der Waals surface area contributed by atoms with Crippen molar-refractivity contribution in [2.45, 2.75) is 13.3 Å². The molecule has 0 aliphatic heterocycles. The Bertz CT molecular complexity index is 380. The van der Waals surface area contributed by atoms with E-state index >= 15 is 0 Å². The molecule has 0 aromatic carbocycles. The SMILES string of the molecule is Cc1cnc(C(F)F)c(O)c1C(N)=O. The molecule has 1 rings (SSSR count). The highest BCUT2D eigenvalue weighted by molar-refractivity contribution is 5.97. The summed E-state index contributed by atoms with van der Waals surface area (Å²) in [6, 6.07) is 0. The number of pyridine rings is 1. The molecule has 6 heteroatoms. The van der Waals surface area contributed by atoms with Crippen LogP contribution in [0.15, 0.2) is 6.20 Å². The van der Waals surface area contributed by atoms with E-state index in [1.54, 1.807) is 0 Å². The fourth-order valence-electron chi connectivity index (χ4n) is 1.08. The number of carbonyl (C=O) groups excluding carboxylic acids is 1. The number of aromatic nitrogens is 1. The highest BCUT2D eigenvalue weighted by Crippen LogP contribution is 2.30. The molecule has 14 heavy (non-hydrogen) atoms. The lowest BCUT2D eigenvalue weighted by Gasteiger charge is -2.08. The molecule has 1 heterocycles. The molecular formula is C8H8F2N2O2. The van der Waals surface area contributed by atoms with Gasteiger partial charge in [0.2, 0.25) is 0 Å². The van der Waals surface area contributed by atoms with Crippen molar-refractivity contribution in [3.8, 4) is 5.75 Å². The van der Waals surface area contributed by atoms with Crippen molar-refractivity contribution >= 4 is 5.91 Å². The first-order valence-corrected chi connectivity index (χ1v) is 3.71. The summed E-state index contributed by atoms with van der Waals surface area (Å²) in [6.45, 7) is 1.45. The first-order valence-electron chi connectivity index (χ1n) is 3.71. The van der Waals surface area contributed by atoms with Gasteiger partial charge in [-0.1, -0.05) is 0 Å². The molecule has 1 aromatic rings. The Balaban J connectivity index is 3.41. The number of hydrogen-bond donors (Lipinski definition) is 2. The molecule has 76 valence electrons. The van der Waals surface area contributed by atoms with Crippen LogP contribution in [0.1, 0.15) is 28.0 Å². The number of nitrogens with two attached hydrogens (primary N) is 1. The predicted octanol–water partition coefficient (Wildman–Crippen LogP) is 1.13. The first kappa shape index (κ1) is 10.4. The molecule has 0 atom stereocenters. The van der Waals surface area contributed by atoms with E-state index in [0.29, 0.717) is 0 Å². The van der Waals surface area contributed by atoms with Gasteiger partial charge in [-0.3, -0.25) is 9.78 Å². The fourth-order valence-corrected chi connectivity index (χ4v) is 1.08. The van der Waals surface area contributed by atoms with Crippen LogP contribution in [-0.2, 0) is 0 Å². The fraction of sp³-hybridized carbons (Fsp3) is 0.250. The van der Waals surface area contributed by atoms with E-state index in [4.69, 9.17) is 5.73 Å². The van der Waals surface area contributed by atoms with E-state index in [9.17, 15) is 18.7 Å². The third-order valence-corrected chi connectivity index (χ3v) is 1.72. The largest absolute Gasteiger partial charge is 0.505 e. The highest BCUT2D eigenvalue weighted by Gasteiger charge is 2.21. The van der Waals surface area contributed by atoms with Crippen LogP contribution in [0.4, 0.5) is 8.78 Å². The van der Waals surface area contributed by atoms with Gasteiger partial charge in [0.15, 0.2) is 5.75 Å². The molecule has 0 radical (unpaired) electrons. The summed E-state index contributed by atoms with van der Waals surface area (Å²) in [4.78, 5) is 14.1. The van der Waals surface area contributed by atoms with Gasteiger partial charge in [0.25, 0.3) is 12.3 Å². The monoisotopic (exact) mass is 202 g/mol. The number of amides is 1. The van der Waals surface area contributed by atoms with Crippen LogP contribution >= 0.6 is 0 Å². The van der Waals surface area contributed by atoms with Gasteiger partial charge < -0.3 is 10.8 Å². The summed E-state index contributed by atoms with van der Waals surface area (Å²) in [6.07, 6.45) is -1.87. The molecule has 0 saturated heterocycles. The topological polar surface area (TPSA) is 76.2 Å². The van der Waals surface area contributed by atoms with Crippen LogP contribution in [0.3, 0.4) is 0 Å². The van der Waals surface area contributed by atoms with Crippen molar-refractivity contribution in [1.82, 2.24) is 4.98 Å². The number of carbonyl (C=O) groups is 1. The van der Waals surface area contributed by atoms with Crippen molar-refractivity contribution in [1.29, 1.82) is 0 Å². The van der Waals surface area contributed by atoms with E-state index < -0.39 is 23.8 Å². The van der Waals surface area contributed by atoms with Crippen LogP contribution < -0.4 is 5.73 Å². The van der Waals surface area contributed by atoms with Crippen molar-refractivity contribution in [3.63, 3.8) is 0 Å². The number of primary amides is 1. The molecule has 3 N–H and O–H groups in total. The number of alkyl halides is 2. The zero-order valence-electron chi connectivity index (χ0n) is 7.29. The van der Waals surface area contributed by atoms with Crippen LogP contribution in [0.25, 0.3) is 0 Å². The lowest BCUT2D eigenvalue weighted by molar-refractivity contribution is 0.0995. The summed E-state index contributed by atoms with van der Waals surface area (Å²) >= 11 is 0. The molecule has 1 amide bonds. The summed E-state index contributed by atoms with van der Waals surface area (Å²) < 4.78 is 24.5. The van der Waals surface area contributed by atoms with Gasteiger partial charge in [-0.25, -0.2) is 8.78 Å².